The fourth-order valence-corrected chi connectivity index (χ4v) is 3.46. The molecule has 0 radical (unpaired) electrons. The Bertz CT molecular complexity index is 758. The summed E-state index contributed by atoms with van der Waals surface area (Å²) >= 11 is 0. The van der Waals surface area contributed by atoms with E-state index >= 15 is 0 Å². The third-order valence-electron chi connectivity index (χ3n) is 4.54. The number of benzene rings is 1. The molecule has 0 N–H and O–H groups in total. The third-order valence-corrected chi connectivity index (χ3v) is 4.54. The monoisotopic (exact) mass is 344 g/mol. The molecule has 1 aromatic carbocycles. The summed E-state index contributed by atoms with van der Waals surface area (Å²) in [5.74, 6) is -0.344. The van der Waals surface area contributed by atoms with E-state index in [2.05, 4.69) is 0 Å². The second-order valence-corrected chi connectivity index (χ2v) is 7.78. The zero-order chi connectivity index (χ0) is 18.5. The van der Waals surface area contributed by atoms with Crippen molar-refractivity contribution in [3.8, 4) is 5.75 Å². The van der Waals surface area contributed by atoms with Crippen molar-refractivity contribution < 1.29 is 23.8 Å². The quantitative estimate of drug-likeness (QED) is 0.622. The van der Waals surface area contributed by atoms with Crippen LogP contribution in [-0.4, -0.2) is 35.7 Å². The number of ketones is 1. The smallest absolute Gasteiger partial charge is 0.351 e. The zero-order valence-corrected chi connectivity index (χ0v) is 15.3. The Morgan fingerprint density at radius 3 is 2.56 bits per heavy atom. The number of hydrogen-bond acceptors (Lipinski definition) is 5. The fourth-order valence-electron chi connectivity index (χ4n) is 3.46. The summed E-state index contributed by atoms with van der Waals surface area (Å²) < 4.78 is 17.1. The second-order valence-electron chi connectivity index (χ2n) is 7.78. The van der Waals surface area contributed by atoms with Crippen LogP contribution in [0, 0.1) is 0 Å². The molecule has 1 fully saturated rings. The highest BCUT2D eigenvalue weighted by Gasteiger charge is 2.63. The van der Waals surface area contributed by atoms with Crippen molar-refractivity contribution in [2.45, 2.75) is 57.3 Å². The van der Waals surface area contributed by atoms with Gasteiger partial charge in [0.2, 0.25) is 5.60 Å². The molecule has 0 aromatic heterocycles. The highest BCUT2D eigenvalue weighted by atomic mass is 16.6. The lowest BCUT2D eigenvalue weighted by molar-refractivity contribution is -0.192. The number of fused-ring (bicyclic) bond motifs is 2. The SMILES string of the molecule is COc1ccccc1C1=C[C@@]2(C)CCC(=O)[C@]1(C(=O)OC(C)(C)C)O2. The predicted octanol–water partition coefficient (Wildman–Crippen LogP) is 3.31. The summed E-state index contributed by atoms with van der Waals surface area (Å²) in [6, 6.07) is 7.32. The summed E-state index contributed by atoms with van der Waals surface area (Å²) in [5, 5.41) is 0. The number of esters is 1. The Balaban J connectivity index is 2.17. The number of methoxy groups -OCH3 is 1. The van der Waals surface area contributed by atoms with Gasteiger partial charge >= 0.3 is 5.97 Å². The van der Waals surface area contributed by atoms with Crippen LogP contribution in [0.5, 0.6) is 5.75 Å². The van der Waals surface area contributed by atoms with Gasteiger partial charge in [-0.05, 0) is 46.3 Å². The van der Waals surface area contributed by atoms with Gasteiger partial charge in [0.05, 0.1) is 12.7 Å². The number of rotatable bonds is 3. The van der Waals surface area contributed by atoms with Crippen LogP contribution < -0.4 is 4.74 Å². The van der Waals surface area contributed by atoms with Crippen LogP contribution >= 0.6 is 0 Å². The first-order valence-electron chi connectivity index (χ1n) is 8.45. The summed E-state index contributed by atoms with van der Waals surface area (Å²) in [4.78, 5) is 26.0. The number of Topliss-reactive ketones (excluding diaryl/α,β-unsaturated/α-hetero) is 1. The van der Waals surface area contributed by atoms with Crippen molar-refractivity contribution in [2.24, 2.45) is 0 Å². The minimum absolute atomic E-state index is 0.269. The molecule has 0 amide bonds. The average Bonchev–Trinajstić information content (AvgIpc) is 2.81. The predicted molar refractivity (Wildman–Crippen MR) is 93.3 cm³/mol. The third kappa shape index (κ3) is 2.86. The topological polar surface area (TPSA) is 61.8 Å². The van der Waals surface area contributed by atoms with Crippen LogP contribution in [0.4, 0.5) is 0 Å². The van der Waals surface area contributed by atoms with Crippen LogP contribution in [0.3, 0.4) is 0 Å². The molecule has 2 heterocycles. The number of para-hydroxylation sites is 1. The van der Waals surface area contributed by atoms with E-state index in [4.69, 9.17) is 14.2 Å². The van der Waals surface area contributed by atoms with Crippen LogP contribution in [0.1, 0.15) is 46.1 Å². The average molecular weight is 344 g/mol. The number of carbonyl (C=O) groups is 2. The van der Waals surface area contributed by atoms with Gasteiger partial charge < -0.3 is 14.2 Å². The van der Waals surface area contributed by atoms with Gasteiger partial charge in [-0.25, -0.2) is 4.79 Å². The van der Waals surface area contributed by atoms with E-state index in [0.29, 0.717) is 23.3 Å². The van der Waals surface area contributed by atoms with Crippen molar-refractivity contribution in [3.63, 3.8) is 0 Å². The molecule has 1 aromatic rings. The lowest BCUT2D eigenvalue weighted by atomic mass is 9.83. The number of ether oxygens (including phenoxy) is 3. The van der Waals surface area contributed by atoms with Crippen LogP contribution in [0.15, 0.2) is 30.3 Å². The Labute approximate surface area is 148 Å². The summed E-state index contributed by atoms with van der Waals surface area (Å²) in [6.07, 6.45) is 2.68. The van der Waals surface area contributed by atoms with Gasteiger partial charge in [0.15, 0.2) is 5.78 Å². The fraction of sp³-hybridized carbons (Fsp3) is 0.500. The molecule has 0 unspecified atom stereocenters. The van der Waals surface area contributed by atoms with Gasteiger partial charge in [-0.3, -0.25) is 4.79 Å². The molecule has 0 spiro atoms. The first-order chi connectivity index (χ1) is 11.6. The van der Waals surface area contributed by atoms with Crippen LogP contribution in [0.25, 0.3) is 5.57 Å². The molecule has 2 atom stereocenters. The van der Waals surface area contributed by atoms with E-state index in [9.17, 15) is 9.59 Å². The van der Waals surface area contributed by atoms with Crippen molar-refractivity contribution in [3.05, 3.63) is 35.9 Å². The normalized spacial score (nSPS) is 28.5. The van der Waals surface area contributed by atoms with E-state index in [-0.39, 0.29) is 12.2 Å². The molecular weight excluding hydrogens is 320 g/mol. The molecule has 1 saturated heterocycles. The van der Waals surface area contributed by atoms with Crippen molar-refractivity contribution >= 4 is 17.3 Å². The molecule has 2 bridgehead atoms. The van der Waals surface area contributed by atoms with Gasteiger partial charge in [0.25, 0.3) is 0 Å². The number of carbonyl (C=O) groups excluding carboxylic acids is 2. The standard InChI is InChI=1S/C20H24O5/c1-18(2,3)24-17(22)20-14(13-8-6-7-9-15(13)23-5)12-19(4,25-20)11-10-16(20)21/h6-9,12H,10-11H2,1-5H3/t19-,20-/m1/s1. The van der Waals surface area contributed by atoms with Crippen LogP contribution in [-0.2, 0) is 19.1 Å². The Hall–Kier alpha value is -2.14. The Morgan fingerprint density at radius 2 is 1.92 bits per heavy atom. The lowest BCUT2D eigenvalue weighted by Gasteiger charge is -2.38. The van der Waals surface area contributed by atoms with Crippen molar-refractivity contribution in [2.75, 3.05) is 7.11 Å². The van der Waals surface area contributed by atoms with Gasteiger partial charge in [0, 0.05) is 17.6 Å². The molecule has 0 aliphatic carbocycles. The van der Waals surface area contributed by atoms with E-state index in [1.807, 2.05) is 31.2 Å². The molecule has 134 valence electrons. The van der Waals surface area contributed by atoms with Crippen molar-refractivity contribution in [1.29, 1.82) is 0 Å². The van der Waals surface area contributed by atoms with Gasteiger partial charge in [-0.15, -0.1) is 0 Å². The first-order valence-corrected chi connectivity index (χ1v) is 8.45. The largest absolute Gasteiger partial charge is 0.496 e. The minimum Gasteiger partial charge on any atom is -0.496 e. The van der Waals surface area contributed by atoms with Gasteiger partial charge in [-0.2, -0.15) is 0 Å². The molecule has 5 nitrogen and oxygen atoms in total. The second kappa shape index (κ2) is 5.70. The van der Waals surface area contributed by atoms with Crippen LogP contribution in [0.2, 0.25) is 0 Å². The highest BCUT2D eigenvalue weighted by molar-refractivity contribution is 6.20. The maximum atomic E-state index is 13.1. The van der Waals surface area contributed by atoms with E-state index in [1.54, 1.807) is 33.9 Å². The highest BCUT2D eigenvalue weighted by Crippen LogP contribution is 2.51. The minimum atomic E-state index is -1.73. The van der Waals surface area contributed by atoms with Crippen molar-refractivity contribution in [1.82, 2.24) is 0 Å². The first kappa shape index (κ1) is 17.7. The van der Waals surface area contributed by atoms with E-state index in [0.717, 1.165) is 0 Å². The lowest BCUT2D eigenvalue weighted by Crippen LogP contribution is -2.55. The van der Waals surface area contributed by atoms with E-state index in [1.165, 1.54) is 0 Å². The molecule has 25 heavy (non-hydrogen) atoms. The summed E-state index contributed by atoms with van der Waals surface area (Å²) in [6.45, 7) is 7.21. The molecule has 2 aliphatic heterocycles. The molecule has 0 saturated carbocycles. The maximum Gasteiger partial charge on any atom is 0.351 e. The van der Waals surface area contributed by atoms with Gasteiger partial charge in [-0.1, -0.05) is 18.2 Å². The molecule has 3 rings (SSSR count). The zero-order valence-electron chi connectivity index (χ0n) is 15.3. The van der Waals surface area contributed by atoms with Gasteiger partial charge in [0.1, 0.15) is 11.4 Å². The molecule has 5 heteroatoms. The maximum absolute atomic E-state index is 13.1. The van der Waals surface area contributed by atoms with E-state index < -0.39 is 22.8 Å². The Morgan fingerprint density at radius 1 is 1.24 bits per heavy atom. The summed E-state index contributed by atoms with van der Waals surface area (Å²) in [7, 11) is 1.56. The molecular formula is C20H24O5. The summed E-state index contributed by atoms with van der Waals surface area (Å²) in [5.41, 5.74) is -1.94. The molecule has 2 aliphatic rings. The number of hydrogen-bond donors (Lipinski definition) is 0. The Kier molecular flexibility index (Phi) is 4.03.